The Hall–Kier alpha value is -2.70. The van der Waals surface area contributed by atoms with Crippen molar-refractivity contribution in [3.63, 3.8) is 0 Å². The molecule has 0 unspecified atom stereocenters. The molecule has 0 atom stereocenters. The average molecular weight is 303 g/mol. The minimum Gasteiger partial charge on any atom is -0.325 e. The second-order valence-corrected chi connectivity index (χ2v) is 4.83. The predicted molar refractivity (Wildman–Crippen MR) is 78.9 cm³/mol. The lowest BCUT2D eigenvalue weighted by atomic mass is 10.1. The Balaban J connectivity index is 2.04. The van der Waals surface area contributed by atoms with Crippen LogP contribution in [0.3, 0.4) is 0 Å². The predicted octanol–water partition coefficient (Wildman–Crippen LogP) is 0.998. The molecule has 0 spiro atoms. The largest absolute Gasteiger partial charge is 0.334 e. The van der Waals surface area contributed by atoms with Crippen LogP contribution in [0.25, 0.3) is 0 Å². The zero-order valence-corrected chi connectivity index (χ0v) is 12.5. The summed E-state index contributed by atoms with van der Waals surface area (Å²) in [5.74, 6) is -2.39. The molecule has 1 fully saturated rings. The fourth-order valence-corrected chi connectivity index (χ4v) is 2.18. The Morgan fingerprint density at radius 3 is 2.36 bits per heavy atom. The zero-order valence-electron chi connectivity index (χ0n) is 12.5. The van der Waals surface area contributed by atoms with Crippen LogP contribution in [-0.2, 0) is 20.8 Å². The number of likely N-dealkylation sites (N-methyl/N-ethyl adjacent to an activating group) is 1. The minimum absolute atomic E-state index is 0.0973. The van der Waals surface area contributed by atoms with Crippen molar-refractivity contribution in [2.75, 3.05) is 18.4 Å². The Labute approximate surface area is 127 Å². The second kappa shape index (κ2) is 6.38. The van der Waals surface area contributed by atoms with E-state index in [9.17, 15) is 19.2 Å². The van der Waals surface area contributed by atoms with E-state index < -0.39 is 30.3 Å². The van der Waals surface area contributed by atoms with Gasteiger partial charge in [0.1, 0.15) is 6.54 Å². The van der Waals surface area contributed by atoms with E-state index >= 15 is 0 Å². The summed E-state index contributed by atoms with van der Waals surface area (Å²) in [6, 6.07) is 6.52. The Bertz CT molecular complexity index is 641. The standard InChI is InChI=1S/C15H17N3O4/c1-3-10-6-5-7-11(8-10)16-12(19)9-18-14(21)13(20)17(4-2)15(18)22/h5-8H,3-4,9H2,1-2H3,(H,16,19). The van der Waals surface area contributed by atoms with Crippen molar-refractivity contribution in [1.82, 2.24) is 9.80 Å². The Kier molecular flexibility index (Phi) is 4.55. The molecule has 1 heterocycles. The number of amides is 5. The molecule has 0 saturated carbocycles. The van der Waals surface area contributed by atoms with E-state index in [2.05, 4.69) is 5.32 Å². The van der Waals surface area contributed by atoms with Crippen molar-refractivity contribution >= 4 is 29.4 Å². The van der Waals surface area contributed by atoms with Crippen molar-refractivity contribution in [1.29, 1.82) is 0 Å². The van der Waals surface area contributed by atoms with Crippen LogP contribution < -0.4 is 5.32 Å². The molecule has 7 heteroatoms. The number of nitrogens with one attached hydrogen (secondary N) is 1. The van der Waals surface area contributed by atoms with Crippen LogP contribution in [-0.4, -0.2) is 46.6 Å². The summed E-state index contributed by atoms with van der Waals surface area (Å²) in [6.07, 6.45) is 0.826. The molecule has 1 aromatic carbocycles. The van der Waals surface area contributed by atoms with E-state index in [0.717, 1.165) is 16.9 Å². The van der Waals surface area contributed by atoms with E-state index in [1.807, 2.05) is 25.1 Å². The molecule has 0 radical (unpaired) electrons. The van der Waals surface area contributed by atoms with Gasteiger partial charge in [0.2, 0.25) is 5.91 Å². The summed E-state index contributed by atoms with van der Waals surface area (Å²) >= 11 is 0. The number of benzene rings is 1. The number of hydrogen-bond donors (Lipinski definition) is 1. The summed E-state index contributed by atoms with van der Waals surface area (Å²) in [6.45, 7) is 3.20. The van der Waals surface area contributed by atoms with Crippen LogP contribution in [0, 0.1) is 0 Å². The number of rotatable bonds is 5. The van der Waals surface area contributed by atoms with E-state index in [1.165, 1.54) is 0 Å². The molecular weight excluding hydrogens is 286 g/mol. The lowest BCUT2D eigenvalue weighted by Gasteiger charge is -2.14. The average Bonchev–Trinajstić information content (AvgIpc) is 2.71. The molecule has 7 nitrogen and oxygen atoms in total. The summed E-state index contributed by atoms with van der Waals surface area (Å²) < 4.78 is 0. The molecule has 22 heavy (non-hydrogen) atoms. The molecular formula is C15H17N3O4. The monoisotopic (exact) mass is 303 g/mol. The first-order valence-electron chi connectivity index (χ1n) is 7.04. The van der Waals surface area contributed by atoms with Gasteiger partial charge in [-0.05, 0) is 31.0 Å². The van der Waals surface area contributed by atoms with Gasteiger partial charge in [0, 0.05) is 12.2 Å². The number of anilines is 1. The third-order valence-corrected chi connectivity index (χ3v) is 3.37. The first kappa shape index (κ1) is 15.7. The molecule has 1 aliphatic heterocycles. The summed E-state index contributed by atoms with van der Waals surface area (Å²) in [7, 11) is 0. The van der Waals surface area contributed by atoms with Crippen LogP contribution in [0.2, 0.25) is 0 Å². The normalized spacial score (nSPS) is 14.7. The number of nitrogens with zero attached hydrogens (tertiary/aromatic N) is 2. The van der Waals surface area contributed by atoms with Crippen LogP contribution in [0.5, 0.6) is 0 Å². The fraction of sp³-hybridized carbons (Fsp3) is 0.333. The van der Waals surface area contributed by atoms with Crippen LogP contribution >= 0.6 is 0 Å². The highest BCUT2D eigenvalue weighted by atomic mass is 16.2. The van der Waals surface area contributed by atoms with E-state index in [-0.39, 0.29) is 6.54 Å². The van der Waals surface area contributed by atoms with Crippen molar-refractivity contribution in [2.24, 2.45) is 0 Å². The lowest BCUT2D eigenvalue weighted by Crippen LogP contribution is -2.38. The van der Waals surface area contributed by atoms with Gasteiger partial charge >= 0.3 is 17.8 Å². The second-order valence-electron chi connectivity index (χ2n) is 4.83. The van der Waals surface area contributed by atoms with E-state index in [4.69, 9.17) is 0 Å². The molecule has 1 aromatic rings. The quantitative estimate of drug-likeness (QED) is 0.649. The highest BCUT2D eigenvalue weighted by Gasteiger charge is 2.44. The molecule has 5 amide bonds. The minimum atomic E-state index is -0.968. The maximum atomic E-state index is 12.0. The van der Waals surface area contributed by atoms with Crippen molar-refractivity contribution in [3.8, 4) is 0 Å². The first-order valence-corrected chi connectivity index (χ1v) is 7.04. The molecule has 116 valence electrons. The lowest BCUT2D eigenvalue weighted by molar-refractivity contribution is -0.143. The zero-order chi connectivity index (χ0) is 16.3. The van der Waals surface area contributed by atoms with Crippen molar-refractivity contribution < 1.29 is 19.2 Å². The number of carbonyl (C=O) groups is 4. The van der Waals surface area contributed by atoms with Gasteiger partial charge in [-0.3, -0.25) is 19.3 Å². The SMILES string of the molecule is CCc1cccc(NC(=O)CN2C(=O)C(=O)N(CC)C2=O)c1. The molecule has 0 aliphatic carbocycles. The van der Waals surface area contributed by atoms with Gasteiger partial charge in [-0.2, -0.15) is 0 Å². The Morgan fingerprint density at radius 2 is 1.77 bits per heavy atom. The first-order chi connectivity index (χ1) is 10.5. The van der Waals surface area contributed by atoms with Crippen molar-refractivity contribution in [3.05, 3.63) is 29.8 Å². The van der Waals surface area contributed by atoms with Gasteiger partial charge in [0.25, 0.3) is 0 Å². The molecule has 2 rings (SSSR count). The van der Waals surface area contributed by atoms with E-state index in [0.29, 0.717) is 10.6 Å². The number of carbonyl (C=O) groups excluding carboxylic acids is 4. The molecule has 0 aromatic heterocycles. The van der Waals surface area contributed by atoms with Crippen LogP contribution in [0.15, 0.2) is 24.3 Å². The smallest absolute Gasteiger partial charge is 0.325 e. The van der Waals surface area contributed by atoms with E-state index in [1.54, 1.807) is 13.0 Å². The third-order valence-electron chi connectivity index (χ3n) is 3.37. The number of hydrogen-bond acceptors (Lipinski definition) is 4. The Morgan fingerprint density at radius 1 is 1.09 bits per heavy atom. The van der Waals surface area contributed by atoms with Gasteiger partial charge in [0.15, 0.2) is 0 Å². The molecule has 1 saturated heterocycles. The van der Waals surface area contributed by atoms with Gasteiger partial charge in [-0.25, -0.2) is 9.69 Å². The summed E-state index contributed by atoms with van der Waals surface area (Å²) in [4.78, 5) is 48.6. The topological polar surface area (TPSA) is 86.8 Å². The highest BCUT2D eigenvalue weighted by molar-refractivity contribution is 6.45. The number of aryl methyl sites for hydroxylation is 1. The van der Waals surface area contributed by atoms with Crippen LogP contribution in [0.1, 0.15) is 19.4 Å². The molecule has 0 bridgehead atoms. The van der Waals surface area contributed by atoms with Crippen LogP contribution in [0.4, 0.5) is 10.5 Å². The van der Waals surface area contributed by atoms with Gasteiger partial charge in [0.05, 0.1) is 0 Å². The van der Waals surface area contributed by atoms with Crippen molar-refractivity contribution in [2.45, 2.75) is 20.3 Å². The van der Waals surface area contributed by atoms with Gasteiger partial charge < -0.3 is 5.32 Å². The number of urea groups is 1. The summed E-state index contributed by atoms with van der Waals surface area (Å²) in [5, 5.41) is 2.62. The molecule has 1 N–H and O–H groups in total. The maximum Gasteiger partial charge on any atom is 0.334 e. The maximum absolute atomic E-state index is 12.0. The highest BCUT2D eigenvalue weighted by Crippen LogP contribution is 2.13. The summed E-state index contributed by atoms with van der Waals surface area (Å²) in [5.41, 5.74) is 1.64. The van der Waals surface area contributed by atoms with Gasteiger partial charge in [-0.1, -0.05) is 19.1 Å². The third kappa shape index (κ3) is 2.98. The van der Waals surface area contributed by atoms with Gasteiger partial charge in [-0.15, -0.1) is 0 Å². The molecule has 1 aliphatic rings. The number of imide groups is 2. The fourth-order valence-electron chi connectivity index (χ4n) is 2.18.